The molecule has 1 aliphatic carbocycles. The summed E-state index contributed by atoms with van der Waals surface area (Å²) in [5, 5.41) is 2.36. The maximum atomic E-state index is 6.41. The molecule has 0 bridgehead atoms. The van der Waals surface area contributed by atoms with Crippen molar-refractivity contribution in [1.29, 1.82) is 0 Å². The minimum Gasteiger partial charge on any atom is -0.501 e. The van der Waals surface area contributed by atoms with Crippen LogP contribution in [0.5, 0.6) is 5.75 Å². The van der Waals surface area contributed by atoms with E-state index < -0.39 is 0 Å². The monoisotopic (exact) mass is 294 g/mol. The molecule has 2 aliphatic rings. The number of benzene rings is 3. The Hall–Kier alpha value is -2.41. The molecule has 0 amide bonds. The smallest absolute Gasteiger partial charge is 0.152 e. The van der Waals surface area contributed by atoms with Gasteiger partial charge in [-0.3, -0.25) is 0 Å². The second-order valence-electron chi connectivity index (χ2n) is 7.01. The highest BCUT2D eigenvalue weighted by atomic mass is 16.5. The lowest BCUT2D eigenvalue weighted by Crippen LogP contribution is -2.36. The SMILES string of the molecule is BC1(B)C=Cc2c(c3c(c4ccccc24)-c2ccccc2C3)O1. The van der Waals surface area contributed by atoms with Crippen molar-refractivity contribution in [1.82, 2.24) is 0 Å². The van der Waals surface area contributed by atoms with E-state index >= 15 is 0 Å². The Morgan fingerprint density at radius 3 is 2.52 bits per heavy atom. The zero-order chi connectivity index (χ0) is 15.6. The van der Waals surface area contributed by atoms with E-state index in [1.54, 1.807) is 0 Å². The van der Waals surface area contributed by atoms with E-state index in [9.17, 15) is 0 Å². The molecule has 5 rings (SSSR count). The van der Waals surface area contributed by atoms with Crippen molar-refractivity contribution in [2.75, 3.05) is 0 Å². The average molecular weight is 294 g/mol. The van der Waals surface area contributed by atoms with Gasteiger partial charge in [0.2, 0.25) is 0 Å². The molecule has 0 saturated heterocycles. The van der Waals surface area contributed by atoms with Gasteiger partial charge in [-0.15, -0.1) is 0 Å². The van der Waals surface area contributed by atoms with Crippen molar-refractivity contribution in [2.45, 2.75) is 11.8 Å². The third kappa shape index (κ3) is 1.77. The summed E-state index contributed by atoms with van der Waals surface area (Å²) in [6.45, 7) is 0. The van der Waals surface area contributed by atoms with Gasteiger partial charge in [0.25, 0.3) is 0 Å². The second kappa shape index (κ2) is 4.32. The first-order chi connectivity index (χ1) is 11.1. The summed E-state index contributed by atoms with van der Waals surface area (Å²) < 4.78 is 6.41. The molecule has 0 radical (unpaired) electrons. The van der Waals surface area contributed by atoms with Crippen LogP contribution in [0, 0.1) is 0 Å². The molecule has 23 heavy (non-hydrogen) atoms. The van der Waals surface area contributed by atoms with Crippen molar-refractivity contribution >= 4 is 32.5 Å². The zero-order valence-corrected chi connectivity index (χ0v) is 13.4. The van der Waals surface area contributed by atoms with Gasteiger partial charge in [0.05, 0.1) is 5.40 Å². The molecule has 0 unspecified atom stereocenters. The fourth-order valence-electron chi connectivity index (χ4n) is 3.95. The van der Waals surface area contributed by atoms with E-state index in [4.69, 9.17) is 4.74 Å². The van der Waals surface area contributed by atoms with Crippen LogP contribution in [0.1, 0.15) is 16.7 Å². The van der Waals surface area contributed by atoms with Crippen molar-refractivity contribution in [3.8, 4) is 16.9 Å². The lowest BCUT2D eigenvalue weighted by atomic mass is 9.64. The van der Waals surface area contributed by atoms with Gasteiger partial charge in [0, 0.05) is 17.5 Å². The molecule has 0 atom stereocenters. The van der Waals surface area contributed by atoms with Gasteiger partial charge >= 0.3 is 0 Å². The first kappa shape index (κ1) is 13.1. The normalized spacial score (nSPS) is 16.5. The van der Waals surface area contributed by atoms with E-state index in [1.807, 2.05) is 0 Å². The molecule has 0 aromatic heterocycles. The first-order valence-electron chi connectivity index (χ1n) is 8.18. The predicted octanol–water partition coefficient (Wildman–Crippen LogP) is 2.74. The summed E-state index contributed by atoms with van der Waals surface area (Å²) in [6.07, 6.45) is 5.36. The Kier molecular flexibility index (Phi) is 2.45. The number of ether oxygens (including phenoxy) is 1. The minimum atomic E-state index is -0.252. The van der Waals surface area contributed by atoms with Gasteiger partial charge in [0.1, 0.15) is 5.75 Å². The predicted molar refractivity (Wildman–Crippen MR) is 102 cm³/mol. The molecule has 1 heterocycles. The molecule has 3 aromatic carbocycles. The first-order valence-corrected chi connectivity index (χ1v) is 8.18. The Morgan fingerprint density at radius 1 is 0.913 bits per heavy atom. The highest BCUT2D eigenvalue weighted by Gasteiger charge is 2.31. The molecule has 1 nitrogen and oxygen atoms in total. The molecular formula is C20H16B2O. The van der Waals surface area contributed by atoms with Crippen molar-refractivity contribution in [3.05, 3.63) is 71.3 Å². The molecule has 1 aliphatic heterocycles. The Balaban J connectivity index is 1.95. The molecular weight excluding hydrogens is 278 g/mol. The second-order valence-corrected chi connectivity index (χ2v) is 7.01. The van der Waals surface area contributed by atoms with Crippen LogP contribution in [0.4, 0.5) is 0 Å². The molecule has 0 N–H and O–H groups in total. The Morgan fingerprint density at radius 2 is 1.65 bits per heavy atom. The number of rotatable bonds is 0. The summed E-state index contributed by atoms with van der Waals surface area (Å²) in [5.41, 5.74) is 6.69. The zero-order valence-electron chi connectivity index (χ0n) is 13.4. The van der Waals surface area contributed by atoms with Gasteiger partial charge < -0.3 is 4.74 Å². The van der Waals surface area contributed by atoms with Crippen molar-refractivity contribution in [3.63, 3.8) is 0 Å². The summed E-state index contributed by atoms with van der Waals surface area (Å²) >= 11 is 0. The van der Waals surface area contributed by atoms with Gasteiger partial charge in [0.15, 0.2) is 15.7 Å². The van der Waals surface area contributed by atoms with Gasteiger partial charge in [-0.25, -0.2) is 0 Å². The average Bonchev–Trinajstić information content (AvgIpc) is 2.94. The third-order valence-corrected chi connectivity index (χ3v) is 4.98. The maximum absolute atomic E-state index is 6.41. The molecule has 3 aromatic rings. The highest BCUT2D eigenvalue weighted by Crippen LogP contribution is 2.49. The molecule has 0 saturated carbocycles. The Bertz CT molecular complexity index is 1000. The summed E-state index contributed by atoms with van der Waals surface area (Å²) in [6, 6.07) is 17.4. The number of fused-ring (bicyclic) bond motifs is 8. The molecule has 0 fully saturated rings. The largest absolute Gasteiger partial charge is 0.501 e. The fourth-order valence-corrected chi connectivity index (χ4v) is 3.95. The van der Waals surface area contributed by atoms with Crippen LogP contribution in [0.25, 0.3) is 28.0 Å². The summed E-state index contributed by atoms with van der Waals surface area (Å²) in [5.74, 6) is 1.07. The van der Waals surface area contributed by atoms with Crippen LogP contribution >= 0.6 is 0 Å². The van der Waals surface area contributed by atoms with Crippen molar-refractivity contribution in [2.24, 2.45) is 0 Å². The van der Waals surface area contributed by atoms with Gasteiger partial charge in [-0.05, 0) is 27.5 Å². The topological polar surface area (TPSA) is 9.23 Å². The quantitative estimate of drug-likeness (QED) is 0.453. The van der Waals surface area contributed by atoms with Crippen LogP contribution in [0.15, 0.2) is 54.6 Å². The number of hydrogen-bond acceptors (Lipinski definition) is 1. The van der Waals surface area contributed by atoms with Crippen molar-refractivity contribution < 1.29 is 4.74 Å². The molecule has 108 valence electrons. The fraction of sp³-hybridized carbons (Fsp3) is 0.100. The van der Waals surface area contributed by atoms with E-state index in [-0.39, 0.29) is 5.40 Å². The summed E-state index contributed by atoms with van der Waals surface area (Å²) in [7, 11) is 4.24. The van der Waals surface area contributed by atoms with E-state index in [1.165, 1.54) is 38.6 Å². The van der Waals surface area contributed by atoms with Crippen LogP contribution in [-0.2, 0) is 6.42 Å². The lowest BCUT2D eigenvalue weighted by molar-refractivity contribution is 0.282. The van der Waals surface area contributed by atoms with E-state index in [0.717, 1.165) is 12.2 Å². The van der Waals surface area contributed by atoms with E-state index in [2.05, 4.69) is 76.4 Å². The minimum absolute atomic E-state index is 0.252. The molecule has 3 heteroatoms. The standard InChI is InChI=1S/C20H16B2O/c21-20(22)10-9-16-14-7-3-4-8-15(14)18-13-6-2-1-5-12(13)11-17(18)19(16)23-20/h1-10H,11,21-22H2. The third-order valence-electron chi connectivity index (χ3n) is 4.98. The van der Waals surface area contributed by atoms with Gasteiger partial charge in [-0.1, -0.05) is 60.7 Å². The summed E-state index contributed by atoms with van der Waals surface area (Å²) in [4.78, 5) is 0. The lowest BCUT2D eigenvalue weighted by Gasteiger charge is -2.31. The highest BCUT2D eigenvalue weighted by molar-refractivity contribution is 6.41. The van der Waals surface area contributed by atoms with Crippen LogP contribution in [-0.4, -0.2) is 21.1 Å². The van der Waals surface area contributed by atoms with Crippen LogP contribution < -0.4 is 4.74 Å². The van der Waals surface area contributed by atoms with E-state index in [0.29, 0.717) is 0 Å². The van der Waals surface area contributed by atoms with Crippen LogP contribution in [0.2, 0.25) is 0 Å². The Labute approximate surface area is 137 Å². The van der Waals surface area contributed by atoms with Gasteiger partial charge in [-0.2, -0.15) is 0 Å². The van der Waals surface area contributed by atoms with Crippen LogP contribution in [0.3, 0.4) is 0 Å². The maximum Gasteiger partial charge on any atom is 0.152 e. The number of hydrogen-bond donors (Lipinski definition) is 0. The molecule has 0 spiro atoms.